The van der Waals surface area contributed by atoms with Crippen LogP contribution in [0.5, 0.6) is 0 Å². The summed E-state index contributed by atoms with van der Waals surface area (Å²) in [6.07, 6.45) is 2.84. The molecule has 0 fully saturated rings. The third kappa shape index (κ3) is 2.93. The molecule has 0 saturated carbocycles. The van der Waals surface area contributed by atoms with Gasteiger partial charge in [-0.1, -0.05) is 13.0 Å². The second-order valence-electron chi connectivity index (χ2n) is 3.73. The summed E-state index contributed by atoms with van der Waals surface area (Å²) in [6.45, 7) is 7.53. The summed E-state index contributed by atoms with van der Waals surface area (Å²) in [5.41, 5.74) is 0.860. The first kappa shape index (κ1) is 12.0. The highest BCUT2D eigenvalue weighted by molar-refractivity contribution is 5.40. The van der Waals surface area contributed by atoms with Crippen LogP contribution in [0.1, 0.15) is 32.8 Å². The molecular formula is C12H20N2O. The first-order valence-corrected chi connectivity index (χ1v) is 5.55. The Bertz CT molecular complexity index is 284. The van der Waals surface area contributed by atoms with Crippen LogP contribution in [-0.4, -0.2) is 22.7 Å². The van der Waals surface area contributed by atoms with Crippen molar-refractivity contribution in [1.82, 2.24) is 4.98 Å². The summed E-state index contributed by atoms with van der Waals surface area (Å²) in [5, 5.41) is 8.93. The van der Waals surface area contributed by atoms with Crippen LogP contribution in [0.3, 0.4) is 0 Å². The predicted octanol–water partition coefficient (Wildman–Crippen LogP) is 2.20. The molecule has 1 aromatic heterocycles. The fraction of sp³-hybridized carbons (Fsp3) is 0.583. The van der Waals surface area contributed by atoms with Gasteiger partial charge in [0.25, 0.3) is 0 Å². The second kappa shape index (κ2) is 5.71. The van der Waals surface area contributed by atoms with E-state index in [0.29, 0.717) is 6.04 Å². The standard InChI is InChI=1S/C12H20N2O/c1-4-10(3)14(5-2)12-7-6-11(9-15)8-13-12/h6-8,10,15H,4-5,9H2,1-3H3. The Labute approximate surface area is 91.8 Å². The van der Waals surface area contributed by atoms with Crippen LogP contribution in [-0.2, 0) is 6.61 Å². The number of hydrogen-bond donors (Lipinski definition) is 1. The number of rotatable bonds is 5. The van der Waals surface area contributed by atoms with Crippen molar-refractivity contribution in [3.63, 3.8) is 0 Å². The van der Waals surface area contributed by atoms with E-state index < -0.39 is 0 Å². The van der Waals surface area contributed by atoms with Crippen LogP contribution in [0, 0.1) is 0 Å². The number of aliphatic hydroxyl groups is 1. The summed E-state index contributed by atoms with van der Waals surface area (Å²) in [7, 11) is 0. The average Bonchev–Trinajstić information content (AvgIpc) is 2.30. The van der Waals surface area contributed by atoms with E-state index in [1.807, 2.05) is 12.1 Å². The molecule has 1 atom stereocenters. The van der Waals surface area contributed by atoms with Crippen LogP contribution in [0.25, 0.3) is 0 Å². The van der Waals surface area contributed by atoms with Gasteiger partial charge in [0.1, 0.15) is 5.82 Å². The molecule has 0 spiro atoms. The Morgan fingerprint density at radius 3 is 2.53 bits per heavy atom. The highest BCUT2D eigenvalue weighted by Crippen LogP contribution is 2.15. The van der Waals surface area contributed by atoms with Crippen molar-refractivity contribution >= 4 is 5.82 Å². The summed E-state index contributed by atoms with van der Waals surface area (Å²) >= 11 is 0. The number of nitrogens with zero attached hydrogens (tertiary/aromatic N) is 2. The molecule has 1 aromatic rings. The normalized spacial score (nSPS) is 12.5. The van der Waals surface area contributed by atoms with E-state index in [1.165, 1.54) is 0 Å². The molecule has 0 aliphatic rings. The number of aromatic nitrogens is 1. The molecule has 0 amide bonds. The van der Waals surface area contributed by atoms with Crippen molar-refractivity contribution in [2.24, 2.45) is 0 Å². The summed E-state index contributed by atoms with van der Waals surface area (Å²) < 4.78 is 0. The summed E-state index contributed by atoms with van der Waals surface area (Å²) in [6, 6.07) is 4.40. The molecule has 15 heavy (non-hydrogen) atoms. The number of anilines is 1. The van der Waals surface area contributed by atoms with E-state index in [-0.39, 0.29) is 6.61 Å². The minimum atomic E-state index is 0.0583. The quantitative estimate of drug-likeness (QED) is 0.806. The van der Waals surface area contributed by atoms with Gasteiger partial charge in [0.05, 0.1) is 6.61 Å². The van der Waals surface area contributed by atoms with Gasteiger partial charge < -0.3 is 10.0 Å². The lowest BCUT2D eigenvalue weighted by molar-refractivity contribution is 0.281. The van der Waals surface area contributed by atoms with E-state index in [2.05, 4.69) is 30.7 Å². The second-order valence-corrected chi connectivity index (χ2v) is 3.73. The molecular weight excluding hydrogens is 188 g/mol. The zero-order valence-corrected chi connectivity index (χ0v) is 9.77. The smallest absolute Gasteiger partial charge is 0.128 e. The van der Waals surface area contributed by atoms with Gasteiger partial charge in [-0.2, -0.15) is 0 Å². The lowest BCUT2D eigenvalue weighted by Crippen LogP contribution is -2.32. The highest BCUT2D eigenvalue weighted by atomic mass is 16.3. The van der Waals surface area contributed by atoms with Gasteiger partial charge in [0.2, 0.25) is 0 Å². The fourth-order valence-corrected chi connectivity index (χ4v) is 1.60. The molecule has 0 saturated heterocycles. The van der Waals surface area contributed by atoms with Crippen molar-refractivity contribution in [2.75, 3.05) is 11.4 Å². The summed E-state index contributed by atoms with van der Waals surface area (Å²) in [5.74, 6) is 0.990. The van der Waals surface area contributed by atoms with E-state index in [4.69, 9.17) is 5.11 Å². The van der Waals surface area contributed by atoms with Crippen LogP contribution < -0.4 is 4.90 Å². The molecule has 1 unspecified atom stereocenters. The molecule has 1 N–H and O–H groups in total. The Balaban J connectivity index is 2.83. The molecule has 3 heteroatoms. The van der Waals surface area contributed by atoms with Gasteiger partial charge in [0, 0.05) is 18.8 Å². The van der Waals surface area contributed by atoms with Crippen LogP contribution >= 0.6 is 0 Å². The van der Waals surface area contributed by atoms with Crippen molar-refractivity contribution in [3.8, 4) is 0 Å². The van der Waals surface area contributed by atoms with Gasteiger partial charge in [-0.25, -0.2) is 4.98 Å². The Hall–Kier alpha value is -1.09. The van der Waals surface area contributed by atoms with Crippen LogP contribution in [0.4, 0.5) is 5.82 Å². The van der Waals surface area contributed by atoms with E-state index >= 15 is 0 Å². The van der Waals surface area contributed by atoms with Crippen molar-refractivity contribution < 1.29 is 5.11 Å². The molecule has 1 rings (SSSR count). The minimum Gasteiger partial charge on any atom is -0.392 e. The van der Waals surface area contributed by atoms with E-state index in [1.54, 1.807) is 6.20 Å². The van der Waals surface area contributed by atoms with E-state index in [0.717, 1.165) is 24.3 Å². The Kier molecular flexibility index (Phi) is 4.56. The molecule has 1 heterocycles. The van der Waals surface area contributed by atoms with Gasteiger partial charge in [0.15, 0.2) is 0 Å². The van der Waals surface area contributed by atoms with Gasteiger partial charge in [-0.3, -0.25) is 0 Å². The maximum atomic E-state index is 8.93. The third-order valence-corrected chi connectivity index (χ3v) is 2.75. The predicted molar refractivity (Wildman–Crippen MR) is 62.9 cm³/mol. The minimum absolute atomic E-state index is 0.0583. The molecule has 0 aliphatic carbocycles. The third-order valence-electron chi connectivity index (χ3n) is 2.75. The maximum absolute atomic E-state index is 8.93. The molecule has 0 aliphatic heterocycles. The first-order valence-electron chi connectivity index (χ1n) is 5.55. The molecule has 84 valence electrons. The van der Waals surface area contributed by atoms with Crippen molar-refractivity contribution in [3.05, 3.63) is 23.9 Å². The van der Waals surface area contributed by atoms with Crippen LogP contribution in [0.2, 0.25) is 0 Å². The SMILES string of the molecule is CCC(C)N(CC)c1ccc(CO)cn1. The first-order chi connectivity index (χ1) is 7.22. The molecule has 0 radical (unpaired) electrons. The largest absolute Gasteiger partial charge is 0.392 e. The fourth-order valence-electron chi connectivity index (χ4n) is 1.60. The van der Waals surface area contributed by atoms with Gasteiger partial charge in [-0.05, 0) is 31.9 Å². The number of hydrogen-bond acceptors (Lipinski definition) is 3. The molecule has 3 nitrogen and oxygen atoms in total. The van der Waals surface area contributed by atoms with Gasteiger partial charge >= 0.3 is 0 Å². The Morgan fingerprint density at radius 2 is 2.13 bits per heavy atom. The van der Waals surface area contributed by atoms with E-state index in [9.17, 15) is 0 Å². The van der Waals surface area contributed by atoms with Crippen molar-refractivity contribution in [2.45, 2.75) is 39.8 Å². The Morgan fingerprint density at radius 1 is 1.40 bits per heavy atom. The van der Waals surface area contributed by atoms with Gasteiger partial charge in [-0.15, -0.1) is 0 Å². The lowest BCUT2D eigenvalue weighted by Gasteiger charge is -2.28. The zero-order chi connectivity index (χ0) is 11.3. The van der Waals surface area contributed by atoms with Crippen molar-refractivity contribution in [1.29, 1.82) is 0 Å². The monoisotopic (exact) mass is 208 g/mol. The lowest BCUT2D eigenvalue weighted by atomic mass is 10.2. The summed E-state index contributed by atoms with van der Waals surface area (Å²) in [4.78, 5) is 6.62. The zero-order valence-electron chi connectivity index (χ0n) is 9.77. The number of aliphatic hydroxyl groups excluding tert-OH is 1. The number of pyridine rings is 1. The topological polar surface area (TPSA) is 36.4 Å². The van der Waals surface area contributed by atoms with Crippen LogP contribution in [0.15, 0.2) is 18.3 Å². The average molecular weight is 208 g/mol. The molecule has 0 bridgehead atoms. The maximum Gasteiger partial charge on any atom is 0.128 e. The highest BCUT2D eigenvalue weighted by Gasteiger charge is 2.11. The molecule has 0 aromatic carbocycles.